The largest absolute Gasteiger partial charge is 0.309 e. The van der Waals surface area contributed by atoms with E-state index < -0.39 is 0 Å². The highest BCUT2D eigenvalue weighted by atomic mass is 32.1. The zero-order valence-electron chi connectivity index (χ0n) is 14.5. The van der Waals surface area contributed by atoms with E-state index >= 15 is 0 Å². The molecule has 0 aliphatic carbocycles. The summed E-state index contributed by atoms with van der Waals surface area (Å²) in [5.41, 5.74) is 1.19. The number of hydrogen-bond acceptors (Lipinski definition) is 4. The van der Waals surface area contributed by atoms with Crippen molar-refractivity contribution in [3.8, 4) is 0 Å². The van der Waals surface area contributed by atoms with Crippen LogP contribution in [0.25, 0.3) is 0 Å². The van der Waals surface area contributed by atoms with Crippen molar-refractivity contribution in [3.63, 3.8) is 0 Å². The van der Waals surface area contributed by atoms with Gasteiger partial charge >= 0.3 is 0 Å². The van der Waals surface area contributed by atoms with E-state index in [4.69, 9.17) is 0 Å². The van der Waals surface area contributed by atoms with E-state index in [0.717, 1.165) is 12.5 Å². The van der Waals surface area contributed by atoms with Crippen LogP contribution in [-0.2, 0) is 0 Å². The summed E-state index contributed by atoms with van der Waals surface area (Å²) in [5, 5.41) is 8.11. The lowest BCUT2D eigenvalue weighted by Gasteiger charge is -2.24. The van der Waals surface area contributed by atoms with Crippen molar-refractivity contribution in [2.75, 3.05) is 6.54 Å². The standard InChI is InChI=1S/C17H33N3S/c1-6-9-10-14(8-3)12-15(18-11-7-2)17-16(13(4)5)19-20-21-17/h13-15,18H,6-12H2,1-5H3. The highest BCUT2D eigenvalue weighted by molar-refractivity contribution is 7.05. The fourth-order valence-corrected chi connectivity index (χ4v) is 3.66. The lowest BCUT2D eigenvalue weighted by Crippen LogP contribution is -2.25. The SMILES string of the molecule is CCCCC(CC)CC(NCCC)c1snnc1C(C)C. The second-order valence-corrected chi connectivity index (χ2v) is 7.12. The molecule has 0 spiro atoms. The minimum atomic E-state index is 0.434. The molecule has 4 heteroatoms. The average molecular weight is 312 g/mol. The quantitative estimate of drug-likeness (QED) is 0.602. The number of nitrogens with one attached hydrogen (secondary N) is 1. The molecule has 2 unspecified atom stereocenters. The van der Waals surface area contributed by atoms with Crippen molar-refractivity contribution in [1.82, 2.24) is 14.9 Å². The van der Waals surface area contributed by atoms with Gasteiger partial charge in [-0.05, 0) is 42.8 Å². The van der Waals surface area contributed by atoms with Crippen molar-refractivity contribution in [3.05, 3.63) is 10.6 Å². The normalized spacial score (nSPS) is 14.6. The van der Waals surface area contributed by atoms with Gasteiger partial charge in [-0.25, -0.2) is 0 Å². The third-order valence-corrected chi connectivity index (χ3v) is 5.01. The van der Waals surface area contributed by atoms with Gasteiger partial charge in [-0.1, -0.05) is 64.8 Å². The van der Waals surface area contributed by atoms with Gasteiger partial charge in [-0.3, -0.25) is 0 Å². The fraction of sp³-hybridized carbons (Fsp3) is 0.882. The molecule has 2 atom stereocenters. The second-order valence-electron chi connectivity index (χ2n) is 6.34. The molecule has 0 aliphatic heterocycles. The number of rotatable bonds is 11. The van der Waals surface area contributed by atoms with Crippen molar-refractivity contribution in [2.24, 2.45) is 5.92 Å². The van der Waals surface area contributed by atoms with Crippen molar-refractivity contribution in [2.45, 2.75) is 85.1 Å². The third kappa shape index (κ3) is 6.03. The molecule has 21 heavy (non-hydrogen) atoms. The molecule has 0 saturated heterocycles. The highest BCUT2D eigenvalue weighted by Crippen LogP contribution is 2.32. The summed E-state index contributed by atoms with van der Waals surface area (Å²) in [7, 11) is 0. The summed E-state index contributed by atoms with van der Waals surface area (Å²) in [6, 6.07) is 0.434. The van der Waals surface area contributed by atoms with Gasteiger partial charge < -0.3 is 5.32 Å². The third-order valence-electron chi connectivity index (χ3n) is 4.16. The van der Waals surface area contributed by atoms with Gasteiger partial charge in [-0.2, -0.15) is 0 Å². The maximum atomic E-state index is 4.37. The molecule has 0 aliphatic rings. The van der Waals surface area contributed by atoms with Crippen LogP contribution < -0.4 is 5.32 Å². The molecule has 122 valence electrons. The van der Waals surface area contributed by atoms with Crippen LogP contribution in [0.15, 0.2) is 0 Å². The lowest BCUT2D eigenvalue weighted by atomic mass is 9.90. The molecule has 0 bridgehead atoms. The number of nitrogens with zero attached hydrogens (tertiary/aromatic N) is 2. The van der Waals surface area contributed by atoms with Gasteiger partial charge in [0.2, 0.25) is 0 Å². The van der Waals surface area contributed by atoms with Crippen LogP contribution in [0.5, 0.6) is 0 Å². The molecule has 0 amide bonds. The summed E-state index contributed by atoms with van der Waals surface area (Å²) in [5.74, 6) is 1.27. The highest BCUT2D eigenvalue weighted by Gasteiger charge is 2.23. The Morgan fingerprint density at radius 3 is 2.48 bits per heavy atom. The Morgan fingerprint density at radius 2 is 1.90 bits per heavy atom. The first-order valence-corrected chi connectivity index (χ1v) is 9.46. The summed E-state index contributed by atoms with van der Waals surface area (Å²) in [6.07, 6.45) is 7.65. The Hall–Kier alpha value is -0.480. The van der Waals surface area contributed by atoms with Crippen LogP contribution in [0.3, 0.4) is 0 Å². The number of aromatic nitrogens is 2. The number of unbranched alkanes of at least 4 members (excludes halogenated alkanes) is 1. The summed E-state index contributed by atoms with van der Waals surface area (Å²) in [6.45, 7) is 12.3. The second kappa shape index (κ2) is 10.3. The molecule has 1 rings (SSSR count). The van der Waals surface area contributed by atoms with Crippen LogP contribution in [0.4, 0.5) is 0 Å². The first-order chi connectivity index (χ1) is 10.1. The fourth-order valence-electron chi connectivity index (χ4n) is 2.76. The zero-order chi connectivity index (χ0) is 15.7. The first-order valence-electron chi connectivity index (χ1n) is 8.69. The predicted octanol–water partition coefficient (Wildman–Crippen LogP) is 5.31. The average Bonchev–Trinajstić information content (AvgIpc) is 2.96. The molecule has 1 aromatic heterocycles. The van der Waals surface area contributed by atoms with Gasteiger partial charge in [0.1, 0.15) is 0 Å². The Morgan fingerprint density at radius 1 is 1.14 bits per heavy atom. The van der Waals surface area contributed by atoms with E-state index in [1.165, 1.54) is 49.1 Å². The molecule has 1 N–H and O–H groups in total. The van der Waals surface area contributed by atoms with E-state index in [1.807, 2.05) is 0 Å². The van der Waals surface area contributed by atoms with Gasteiger partial charge in [0.25, 0.3) is 0 Å². The van der Waals surface area contributed by atoms with Gasteiger partial charge in [0, 0.05) is 6.04 Å². The van der Waals surface area contributed by atoms with Crippen LogP contribution in [0.1, 0.15) is 95.7 Å². The predicted molar refractivity (Wildman–Crippen MR) is 93.0 cm³/mol. The lowest BCUT2D eigenvalue weighted by molar-refractivity contribution is 0.355. The van der Waals surface area contributed by atoms with E-state index in [2.05, 4.69) is 49.5 Å². The van der Waals surface area contributed by atoms with Crippen molar-refractivity contribution < 1.29 is 0 Å². The Kier molecular flexibility index (Phi) is 9.09. The van der Waals surface area contributed by atoms with Crippen LogP contribution in [-0.4, -0.2) is 16.1 Å². The van der Waals surface area contributed by atoms with Crippen molar-refractivity contribution >= 4 is 11.5 Å². The molecule has 0 radical (unpaired) electrons. The molecule has 0 aromatic carbocycles. The first kappa shape index (κ1) is 18.6. The van der Waals surface area contributed by atoms with E-state index in [1.54, 1.807) is 11.5 Å². The molecule has 3 nitrogen and oxygen atoms in total. The maximum absolute atomic E-state index is 4.37. The maximum Gasteiger partial charge on any atom is 0.0829 e. The molecule has 1 aromatic rings. The van der Waals surface area contributed by atoms with Gasteiger partial charge in [0.05, 0.1) is 10.6 Å². The van der Waals surface area contributed by atoms with Crippen LogP contribution in [0, 0.1) is 5.92 Å². The molecule has 1 heterocycles. The minimum Gasteiger partial charge on any atom is -0.309 e. The van der Waals surface area contributed by atoms with E-state index in [9.17, 15) is 0 Å². The van der Waals surface area contributed by atoms with E-state index in [0.29, 0.717) is 12.0 Å². The number of hydrogen-bond donors (Lipinski definition) is 1. The van der Waals surface area contributed by atoms with Gasteiger partial charge in [0.15, 0.2) is 0 Å². The van der Waals surface area contributed by atoms with Crippen molar-refractivity contribution in [1.29, 1.82) is 0 Å². The minimum absolute atomic E-state index is 0.434. The molecular weight excluding hydrogens is 278 g/mol. The Bertz CT molecular complexity index is 376. The zero-order valence-corrected chi connectivity index (χ0v) is 15.3. The smallest absolute Gasteiger partial charge is 0.0829 e. The molecule has 0 fully saturated rings. The van der Waals surface area contributed by atoms with Gasteiger partial charge in [-0.15, -0.1) is 5.10 Å². The monoisotopic (exact) mass is 311 g/mol. The summed E-state index contributed by atoms with van der Waals surface area (Å²) < 4.78 is 4.22. The molecular formula is C17H33N3S. The Labute approximate surface area is 135 Å². The topological polar surface area (TPSA) is 37.8 Å². The Balaban J connectivity index is 2.80. The summed E-state index contributed by atoms with van der Waals surface area (Å²) >= 11 is 1.59. The summed E-state index contributed by atoms with van der Waals surface area (Å²) in [4.78, 5) is 1.37. The van der Waals surface area contributed by atoms with E-state index in [-0.39, 0.29) is 0 Å². The van der Waals surface area contributed by atoms with Crippen LogP contribution in [0.2, 0.25) is 0 Å². The van der Waals surface area contributed by atoms with Crippen LogP contribution >= 0.6 is 11.5 Å². The molecule has 0 saturated carbocycles.